The van der Waals surface area contributed by atoms with Crippen LogP contribution in [0.5, 0.6) is 0 Å². The summed E-state index contributed by atoms with van der Waals surface area (Å²) in [6.45, 7) is 0. The summed E-state index contributed by atoms with van der Waals surface area (Å²) < 4.78 is 90.6. The van der Waals surface area contributed by atoms with Crippen LogP contribution in [0.1, 0.15) is 25.7 Å². The minimum atomic E-state index is -4.79. The van der Waals surface area contributed by atoms with Gasteiger partial charge in [0, 0.05) is 12.1 Å². The van der Waals surface area contributed by atoms with Crippen LogP contribution in [0.2, 0.25) is 0 Å². The first kappa shape index (κ1) is 26.0. The summed E-state index contributed by atoms with van der Waals surface area (Å²) >= 11 is 0. The zero-order valence-electron chi connectivity index (χ0n) is 17.7. The summed E-state index contributed by atoms with van der Waals surface area (Å²) in [6, 6.07) is 1.86. The van der Waals surface area contributed by atoms with Gasteiger partial charge in [0.1, 0.15) is 4.90 Å². The van der Waals surface area contributed by atoms with Crippen molar-refractivity contribution in [3.05, 3.63) is 18.2 Å². The number of nitrogens with two attached hydrogens (primary N) is 1. The topological polar surface area (TPSA) is 244 Å². The molecule has 2 unspecified atom stereocenters. The zero-order valence-corrected chi connectivity index (χ0v) is 20.2. The molecule has 1 aromatic carbocycles. The molecule has 1 aliphatic rings. The second-order valence-corrected chi connectivity index (χ2v) is 12.3. The predicted molar refractivity (Wildman–Crippen MR) is 121 cm³/mol. The van der Waals surface area contributed by atoms with Crippen molar-refractivity contribution < 1.29 is 34.4 Å². The lowest BCUT2D eigenvalue weighted by molar-refractivity contribution is 0.385. The molecule has 34 heavy (non-hydrogen) atoms. The largest absolute Gasteiger partial charge is 0.368 e. The molecule has 0 bridgehead atoms. The van der Waals surface area contributed by atoms with Gasteiger partial charge in [0.25, 0.3) is 20.2 Å². The van der Waals surface area contributed by atoms with E-state index in [1.165, 1.54) is 0 Å². The van der Waals surface area contributed by atoms with Crippen LogP contribution in [-0.2, 0) is 30.3 Å². The van der Waals surface area contributed by atoms with Gasteiger partial charge in [-0.15, -0.1) is 0 Å². The Labute approximate surface area is 196 Å². The number of nitrogens with zero attached hydrogens (tertiary/aromatic N) is 3. The standard InChI is InChI=1S/C16H23N7O8S3/c1-32(24,25)23-10-4-2-3-9(7-10)18-15-20-14(17)21-16(22-15)19-12-8-11(33(26,27)28)5-6-13(12)34(29,30)31/h5-6,8-10,23H,2-4,7H2,1H3,(H,26,27,28)(H,29,30,31)(H4,17,18,19,20,21,22). The molecule has 0 radical (unpaired) electrons. The van der Waals surface area contributed by atoms with Crippen LogP contribution in [0.3, 0.4) is 0 Å². The molecular weight excluding hydrogens is 514 g/mol. The smallest absolute Gasteiger partial charge is 0.296 e. The van der Waals surface area contributed by atoms with E-state index in [1.54, 1.807) is 0 Å². The van der Waals surface area contributed by atoms with Gasteiger partial charge in [0.15, 0.2) is 0 Å². The second kappa shape index (κ2) is 9.55. The molecule has 1 aliphatic carbocycles. The molecule has 1 saturated carbocycles. The van der Waals surface area contributed by atoms with Crippen LogP contribution in [0.4, 0.5) is 23.5 Å². The third kappa shape index (κ3) is 7.18. The van der Waals surface area contributed by atoms with Crippen LogP contribution in [0, 0.1) is 0 Å². The van der Waals surface area contributed by atoms with Crippen molar-refractivity contribution >= 4 is 53.8 Å². The highest BCUT2D eigenvalue weighted by molar-refractivity contribution is 7.88. The third-order valence-electron chi connectivity index (χ3n) is 4.81. The number of hydrogen-bond acceptors (Lipinski definition) is 12. The van der Waals surface area contributed by atoms with E-state index >= 15 is 0 Å². The number of rotatable bonds is 8. The fourth-order valence-electron chi connectivity index (χ4n) is 3.54. The lowest BCUT2D eigenvalue weighted by Crippen LogP contribution is -2.41. The maximum absolute atomic E-state index is 11.7. The fourth-order valence-corrected chi connectivity index (χ4v) is 5.49. The maximum atomic E-state index is 11.7. The van der Waals surface area contributed by atoms with Gasteiger partial charge in [0.2, 0.25) is 27.9 Å². The molecule has 18 heteroatoms. The number of nitrogens with one attached hydrogen (secondary N) is 3. The Morgan fingerprint density at radius 1 is 0.941 bits per heavy atom. The molecule has 1 fully saturated rings. The zero-order chi connectivity index (χ0) is 25.3. The van der Waals surface area contributed by atoms with Crippen molar-refractivity contribution in [2.24, 2.45) is 0 Å². The summed E-state index contributed by atoms with van der Waals surface area (Å²) in [4.78, 5) is 10.5. The van der Waals surface area contributed by atoms with E-state index in [0.29, 0.717) is 19.3 Å². The molecule has 0 amide bonds. The van der Waals surface area contributed by atoms with Crippen molar-refractivity contribution in [2.45, 2.75) is 47.6 Å². The van der Waals surface area contributed by atoms with Gasteiger partial charge in [-0.2, -0.15) is 31.8 Å². The average Bonchev–Trinajstić information content (AvgIpc) is 2.64. The van der Waals surface area contributed by atoms with Gasteiger partial charge in [-0.05, 0) is 43.9 Å². The lowest BCUT2D eigenvalue weighted by atomic mass is 9.92. The molecule has 2 aromatic rings. The van der Waals surface area contributed by atoms with Crippen molar-refractivity contribution in [1.29, 1.82) is 0 Å². The average molecular weight is 538 g/mol. The molecule has 1 heterocycles. The molecule has 3 rings (SSSR count). The number of nitrogen functional groups attached to an aromatic ring is 1. The number of aromatic nitrogens is 3. The van der Waals surface area contributed by atoms with E-state index < -0.39 is 45.7 Å². The van der Waals surface area contributed by atoms with Crippen LogP contribution in [-0.4, -0.2) is 67.7 Å². The normalized spacial score (nSPS) is 19.5. The summed E-state index contributed by atoms with van der Waals surface area (Å²) in [7, 11) is -12.9. The third-order valence-corrected chi connectivity index (χ3v) is 7.34. The minimum Gasteiger partial charge on any atom is -0.368 e. The number of sulfonamides is 1. The van der Waals surface area contributed by atoms with E-state index in [-0.39, 0.29) is 29.9 Å². The predicted octanol–water partition coefficient (Wildman–Crippen LogP) is -0.0369. The Bertz CT molecular complexity index is 1400. The SMILES string of the molecule is CS(=O)(=O)NC1CCCC(Nc2nc(N)nc(Nc3cc(S(=O)(=O)O)ccc3S(=O)(=O)O)n2)C1. The van der Waals surface area contributed by atoms with Crippen LogP contribution in [0.25, 0.3) is 0 Å². The van der Waals surface area contributed by atoms with Crippen molar-refractivity contribution in [2.75, 3.05) is 22.6 Å². The van der Waals surface area contributed by atoms with Crippen LogP contribution < -0.4 is 21.1 Å². The van der Waals surface area contributed by atoms with Gasteiger partial charge >= 0.3 is 0 Å². The van der Waals surface area contributed by atoms with Gasteiger partial charge in [0.05, 0.1) is 16.8 Å². The Morgan fingerprint density at radius 3 is 2.21 bits per heavy atom. The number of anilines is 4. The van der Waals surface area contributed by atoms with Crippen molar-refractivity contribution in [1.82, 2.24) is 19.7 Å². The maximum Gasteiger partial charge on any atom is 0.296 e. The van der Waals surface area contributed by atoms with Crippen LogP contribution in [0.15, 0.2) is 28.0 Å². The minimum absolute atomic E-state index is 0.000606. The Morgan fingerprint density at radius 2 is 1.59 bits per heavy atom. The Balaban J connectivity index is 1.87. The summed E-state index contributed by atoms with van der Waals surface area (Å²) in [5.41, 5.74) is 5.27. The van der Waals surface area contributed by atoms with Crippen molar-refractivity contribution in [3.8, 4) is 0 Å². The Hall–Kier alpha value is -2.64. The molecule has 1 aromatic heterocycles. The van der Waals surface area contributed by atoms with E-state index in [1.807, 2.05) is 0 Å². The summed E-state index contributed by atoms with van der Waals surface area (Å²) in [5, 5.41) is 5.48. The van der Waals surface area contributed by atoms with Gasteiger partial charge in [-0.1, -0.05) is 0 Å². The second-order valence-electron chi connectivity index (χ2n) is 7.67. The van der Waals surface area contributed by atoms with E-state index in [0.717, 1.165) is 30.9 Å². The van der Waals surface area contributed by atoms with Crippen LogP contribution >= 0.6 is 0 Å². The summed E-state index contributed by atoms with van der Waals surface area (Å²) in [5.74, 6) is -0.547. The van der Waals surface area contributed by atoms with Crippen molar-refractivity contribution in [3.63, 3.8) is 0 Å². The quantitative estimate of drug-likeness (QED) is 0.242. The highest BCUT2D eigenvalue weighted by Crippen LogP contribution is 2.28. The molecule has 0 spiro atoms. The monoisotopic (exact) mass is 537 g/mol. The highest BCUT2D eigenvalue weighted by atomic mass is 32.2. The summed E-state index contributed by atoms with van der Waals surface area (Å²) in [6.07, 6.45) is 3.62. The number of hydrogen-bond donors (Lipinski definition) is 6. The molecule has 0 aliphatic heterocycles. The molecule has 7 N–H and O–H groups in total. The Kier molecular flexibility index (Phi) is 7.29. The molecule has 15 nitrogen and oxygen atoms in total. The first-order valence-corrected chi connectivity index (χ1v) is 14.5. The first-order valence-electron chi connectivity index (χ1n) is 9.71. The fraction of sp³-hybridized carbons (Fsp3) is 0.438. The molecule has 188 valence electrons. The molecular formula is C16H23N7O8S3. The van der Waals surface area contributed by atoms with Gasteiger partial charge in [-0.25, -0.2) is 13.1 Å². The van der Waals surface area contributed by atoms with E-state index in [2.05, 4.69) is 30.3 Å². The van der Waals surface area contributed by atoms with Gasteiger partial charge in [-0.3, -0.25) is 9.11 Å². The lowest BCUT2D eigenvalue weighted by Gasteiger charge is -2.29. The molecule has 2 atom stereocenters. The highest BCUT2D eigenvalue weighted by Gasteiger charge is 2.25. The van der Waals surface area contributed by atoms with Gasteiger partial charge < -0.3 is 16.4 Å². The number of benzene rings is 1. The van der Waals surface area contributed by atoms with E-state index in [9.17, 15) is 34.4 Å². The first-order chi connectivity index (χ1) is 15.6. The molecule has 0 saturated heterocycles. The van der Waals surface area contributed by atoms with E-state index in [4.69, 9.17) is 5.73 Å².